The van der Waals surface area contributed by atoms with Crippen molar-refractivity contribution in [1.82, 2.24) is 10.2 Å². The average molecular weight is 270 g/mol. The first-order chi connectivity index (χ1) is 8.83. The minimum atomic E-state index is 0.793. The lowest BCUT2D eigenvalue weighted by atomic mass is 10.0. The van der Waals surface area contributed by atoms with Crippen molar-refractivity contribution < 1.29 is 0 Å². The van der Waals surface area contributed by atoms with Gasteiger partial charge in [-0.3, -0.25) is 0 Å². The number of thioether (sulfide) groups is 1. The molecule has 18 heavy (non-hydrogen) atoms. The summed E-state index contributed by atoms with van der Waals surface area (Å²) in [5.74, 6) is 1.28. The summed E-state index contributed by atoms with van der Waals surface area (Å²) in [6.07, 6.45) is 8.30. The number of piperidine rings is 1. The van der Waals surface area contributed by atoms with Gasteiger partial charge in [-0.1, -0.05) is 20.3 Å². The molecule has 2 fully saturated rings. The van der Waals surface area contributed by atoms with Gasteiger partial charge in [0.15, 0.2) is 0 Å². The molecule has 2 atom stereocenters. The molecule has 3 heteroatoms. The normalized spacial score (nSPS) is 31.0. The van der Waals surface area contributed by atoms with Gasteiger partial charge >= 0.3 is 0 Å². The molecule has 1 heterocycles. The smallest absolute Gasteiger partial charge is 0.0201 e. The molecule has 2 aliphatic rings. The zero-order valence-electron chi connectivity index (χ0n) is 12.2. The predicted octanol–water partition coefficient (Wildman–Crippen LogP) is 3.12. The quantitative estimate of drug-likeness (QED) is 0.798. The first-order valence-corrected chi connectivity index (χ1v) is 8.98. The summed E-state index contributed by atoms with van der Waals surface area (Å²) in [5.41, 5.74) is 0. The van der Waals surface area contributed by atoms with Gasteiger partial charge < -0.3 is 10.2 Å². The number of rotatable bonds is 6. The molecule has 0 bridgehead atoms. The molecule has 1 aliphatic carbocycles. The van der Waals surface area contributed by atoms with E-state index in [0.717, 1.165) is 17.3 Å². The maximum atomic E-state index is 3.97. The van der Waals surface area contributed by atoms with Crippen molar-refractivity contribution in [3.63, 3.8) is 0 Å². The lowest BCUT2D eigenvalue weighted by Crippen LogP contribution is -2.48. The van der Waals surface area contributed by atoms with Crippen LogP contribution >= 0.6 is 11.8 Å². The van der Waals surface area contributed by atoms with Crippen LogP contribution in [0.15, 0.2) is 0 Å². The third kappa shape index (κ3) is 4.14. The Morgan fingerprint density at radius 1 is 1.11 bits per heavy atom. The van der Waals surface area contributed by atoms with Gasteiger partial charge in [0, 0.05) is 17.3 Å². The Hall–Kier alpha value is 0.270. The molecule has 1 aliphatic heterocycles. The van der Waals surface area contributed by atoms with E-state index < -0.39 is 0 Å². The third-order valence-corrected chi connectivity index (χ3v) is 5.74. The van der Waals surface area contributed by atoms with Gasteiger partial charge in [-0.2, -0.15) is 11.8 Å². The fourth-order valence-electron chi connectivity index (χ4n) is 3.47. The predicted molar refractivity (Wildman–Crippen MR) is 82.4 cm³/mol. The van der Waals surface area contributed by atoms with Crippen LogP contribution in [0.4, 0.5) is 0 Å². The Labute approximate surface area is 117 Å². The summed E-state index contributed by atoms with van der Waals surface area (Å²) in [4.78, 5) is 2.63. The summed E-state index contributed by atoms with van der Waals surface area (Å²) < 4.78 is 0. The molecule has 0 spiro atoms. The SMILES string of the molecule is CCCN1CCC(NC2CCCC2SCC)CC1. The Balaban J connectivity index is 1.70. The summed E-state index contributed by atoms with van der Waals surface area (Å²) >= 11 is 2.17. The van der Waals surface area contributed by atoms with Gasteiger partial charge in [-0.15, -0.1) is 0 Å². The van der Waals surface area contributed by atoms with Gasteiger partial charge in [0.25, 0.3) is 0 Å². The van der Waals surface area contributed by atoms with Crippen LogP contribution in [0.2, 0.25) is 0 Å². The number of likely N-dealkylation sites (tertiary alicyclic amines) is 1. The highest BCUT2D eigenvalue weighted by molar-refractivity contribution is 7.99. The van der Waals surface area contributed by atoms with E-state index >= 15 is 0 Å². The lowest BCUT2D eigenvalue weighted by molar-refractivity contribution is 0.191. The van der Waals surface area contributed by atoms with E-state index in [-0.39, 0.29) is 0 Å². The maximum absolute atomic E-state index is 3.97. The van der Waals surface area contributed by atoms with Crippen molar-refractivity contribution in [2.75, 3.05) is 25.4 Å². The Morgan fingerprint density at radius 3 is 2.56 bits per heavy atom. The maximum Gasteiger partial charge on any atom is 0.0201 e. The van der Waals surface area contributed by atoms with Crippen LogP contribution in [-0.4, -0.2) is 47.6 Å². The summed E-state index contributed by atoms with van der Waals surface area (Å²) in [6, 6.07) is 1.60. The lowest BCUT2D eigenvalue weighted by Gasteiger charge is -2.34. The molecule has 0 radical (unpaired) electrons. The highest BCUT2D eigenvalue weighted by atomic mass is 32.2. The van der Waals surface area contributed by atoms with Crippen molar-refractivity contribution in [1.29, 1.82) is 0 Å². The Kier molecular flexibility index (Phi) is 6.33. The molecule has 1 saturated carbocycles. The number of hydrogen-bond acceptors (Lipinski definition) is 3. The van der Waals surface area contributed by atoms with Crippen LogP contribution < -0.4 is 5.32 Å². The van der Waals surface area contributed by atoms with Gasteiger partial charge in [0.1, 0.15) is 0 Å². The second kappa shape index (κ2) is 7.76. The van der Waals surface area contributed by atoms with Crippen molar-refractivity contribution in [2.24, 2.45) is 0 Å². The van der Waals surface area contributed by atoms with E-state index in [4.69, 9.17) is 0 Å². The molecule has 0 aromatic rings. The number of nitrogens with zero attached hydrogens (tertiary/aromatic N) is 1. The summed E-state index contributed by atoms with van der Waals surface area (Å²) in [7, 11) is 0. The molecular weight excluding hydrogens is 240 g/mol. The zero-order valence-corrected chi connectivity index (χ0v) is 13.0. The second-order valence-electron chi connectivity index (χ2n) is 5.81. The van der Waals surface area contributed by atoms with E-state index in [2.05, 4.69) is 35.8 Å². The van der Waals surface area contributed by atoms with Crippen LogP contribution in [-0.2, 0) is 0 Å². The molecule has 1 saturated heterocycles. The summed E-state index contributed by atoms with van der Waals surface area (Å²) in [6.45, 7) is 8.50. The van der Waals surface area contributed by atoms with Crippen LogP contribution in [0.3, 0.4) is 0 Å². The van der Waals surface area contributed by atoms with Crippen molar-refractivity contribution in [2.45, 2.75) is 69.7 Å². The van der Waals surface area contributed by atoms with Crippen LogP contribution in [0.25, 0.3) is 0 Å². The van der Waals surface area contributed by atoms with E-state index in [1.807, 2.05) is 0 Å². The number of nitrogens with one attached hydrogen (secondary N) is 1. The Bertz CT molecular complexity index is 227. The fraction of sp³-hybridized carbons (Fsp3) is 1.00. The van der Waals surface area contributed by atoms with Gasteiger partial charge in [-0.05, 0) is 57.5 Å². The van der Waals surface area contributed by atoms with E-state index in [9.17, 15) is 0 Å². The van der Waals surface area contributed by atoms with Gasteiger partial charge in [-0.25, -0.2) is 0 Å². The minimum absolute atomic E-state index is 0.793. The molecule has 0 aromatic heterocycles. The van der Waals surface area contributed by atoms with Crippen LogP contribution in [0.5, 0.6) is 0 Å². The molecule has 2 nitrogen and oxygen atoms in total. The monoisotopic (exact) mass is 270 g/mol. The molecular formula is C15H30N2S. The first kappa shape index (κ1) is 14.7. The summed E-state index contributed by atoms with van der Waals surface area (Å²) in [5, 5.41) is 4.86. The highest BCUT2D eigenvalue weighted by Crippen LogP contribution is 2.30. The molecule has 0 amide bonds. The van der Waals surface area contributed by atoms with Gasteiger partial charge in [0.05, 0.1) is 0 Å². The fourth-order valence-corrected chi connectivity index (χ4v) is 4.68. The van der Waals surface area contributed by atoms with E-state index in [1.54, 1.807) is 0 Å². The van der Waals surface area contributed by atoms with E-state index in [0.29, 0.717) is 0 Å². The topological polar surface area (TPSA) is 15.3 Å². The Morgan fingerprint density at radius 2 is 1.89 bits per heavy atom. The highest BCUT2D eigenvalue weighted by Gasteiger charge is 2.29. The first-order valence-electron chi connectivity index (χ1n) is 7.93. The second-order valence-corrected chi connectivity index (χ2v) is 7.33. The number of hydrogen-bond donors (Lipinski definition) is 1. The molecule has 2 unspecified atom stereocenters. The third-order valence-electron chi connectivity index (χ3n) is 4.41. The minimum Gasteiger partial charge on any atom is -0.310 e. The molecule has 0 aromatic carbocycles. The molecule has 2 rings (SSSR count). The molecule has 1 N–H and O–H groups in total. The zero-order chi connectivity index (χ0) is 12.8. The van der Waals surface area contributed by atoms with Gasteiger partial charge in [0.2, 0.25) is 0 Å². The largest absolute Gasteiger partial charge is 0.310 e. The average Bonchev–Trinajstić information content (AvgIpc) is 2.80. The van der Waals surface area contributed by atoms with Crippen molar-refractivity contribution in [3.8, 4) is 0 Å². The van der Waals surface area contributed by atoms with E-state index in [1.165, 1.54) is 63.9 Å². The molecule has 106 valence electrons. The van der Waals surface area contributed by atoms with Crippen LogP contribution in [0, 0.1) is 0 Å². The van der Waals surface area contributed by atoms with Crippen molar-refractivity contribution in [3.05, 3.63) is 0 Å². The van der Waals surface area contributed by atoms with Crippen LogP contribution in [0.1, 0.15) is 52.4 Å². The van der Waals surface area contributed by atoms with Crippen molar-refractivity contribution >= 4 is 11.8 Å². The standard InChI is InChI=1S/C15H30N2S/c1-3-10-17-11-8-13(9-12-17)16-14-6-5-7-15(14)18-4-2/h13-16H,3-12H2,1-2H3.